The fourth-order valence-electron chi connectivity index (χ4n) is 5.20. The lowest BCUT2D eigenvalue weighted by Crippen LogP contribution is -2.34. The molecule has 0 spiro atoms. The van der Waals surface area contributed by atoms with Crippen LogP contribution < -0.4 is 15.4 Å². The molecule has 2 atom stereocenters. The molecule has 2 bridgehead atoms. The number of pyridine rings is 1. The van der Waals surface area contributed by atoms with Crippen LogP contribution in [0, 0.1) is 29.7 Å². The highest BCUT2D eigenvalue weighted by Crippen LogP contribution is 2.37. The molecule has 0 saturated carbocycles. The third-order valence-corrected chi connectivity index (χ3v) is 7.64. The molecule has 2 aromatic heterocycles. The van der Waals surface area contributed by atoms with E-state index in [0.717, 1.165) is 18.3 Å². The Hall–Kier alpha value is -4.51. The fraction of sp³-hybridized carbons (Fsp3) is 0.267. The number of aryl methyl sites for hydroxylation is 1. The largest absolute Gasteiger partial charge is 0.618 e. The molecule has 1 aliphatic heterocycles. The zero-order valence-electron chi connectivity index (χ0n) is 23.1. The maximum absolute atomic E-state index is 14.7. The first kappa shape index (κ1) is 29.0. The van der Waals surface area contributed by atoms with Gasteiger partial charge in [0, 0.05) is 29.4 Å². The number of fused-ring (bicyclic) bond motifs is 4. The van der Waals surface area contributed by atoms with Gasteiger partial charge in [0.05, 0.1) is 34.6 Å². The Morgan fingerprint density at radius 2 is 2.00 bits per heavy atom. The van der Waals surface area contributed by atoms with E-state index in [2.05, 4.69) is 20.4 Å². The monoisotopic (exact) mass is 595 g/mol. The molecular formula is C30H28ClF2N5O4. The summed E-state index contributed by atoms with van der Waals surface area (Å²) in [5.41, 5.74) is 2.73. The maximum atomic E-state index is 14.7. The minimum Gasteiger partial charge on any atom is -0.618 e. The summed E-state index contributed by atoms with van der Waals surface area (Å²) in [6, 6.07) is 10.2. The molecule has 2 amide bonds. The number of carbonyl (C=O) groups excluding carboxylic acids is 2. The third kappa shape index (κ3) is 5.78. The number of methoxy groups -OCH3 is 1. The number of rotatable bonds is 3. The van der Waals surface area contributed by atoms with Crippen LogP contribution in [-0.4, -0.2) is 29.1 Å². The Bertz CT molecular complexity index is 1690. The minimum absolute atomic E-state index is 0.00308. The first-order valence-corrected chi connectivity index (χ1v) is 13.7. The SMILES string of the molecule is COC(=O)Nc1ccc2c(c1)NC(=O)CC[C@H](C)C[C@@H](c1ccc(-c3c(F)ccc(Cl)c3F)c[n+]1[O-])c1nc-2c(C)[nH]1. The Morgan fingerprint density at radius 3 is 2.74 bits per heavy atom. The van der Waals surface area contributed by atoms with E-state index < -0.39 is 23.6 Å². The van der Waals surface area contributed by atoms with Gasteiger partial charge in [0.25, 0.3) is 0 Å². The van der Waals surface area contributed by atoms with Gasteiger partial charge in [-0.3, -0.25) is 10.1 Å². The van der Waals surface area contributed by atoms with Crippen LogP contribution in [0.3, 0.4) is 0 Å². The number of hydrogen-bond acceptors (Lipinski definition) is 5. The van der Waals surface area contributed by atoms with Crippen LogP contribution >= 0.6 is 11.6 Å². The van der Waals surface area contributed by atoms with E-state index in [0.29, 0.717) is 57.4 Å². The van der Waals surface area contributed by atoms with Crippen LogP contribution in [0.4, 0.5) is 25.0 Å². The Morgan fingerprint density at radius 1 is 1.21 bits per heavy atom. The van der Waals surface area contributed by atoms with Gasteiger partial charge in [0.1, 0.15) is 17.6 Å². The van der Waals surface area contributed by atoms with Crippen molar-refractivity contribution in [2.75, 3.05) is 17.7 Å². The summed E-state index contributed by atoms with van der Waals surface area (Å²) in [5, 5.41) is 18.7. The van der Waals surface area contributed by atoms with Gasteiger partial charge in [-0.25, -0.2) is 18.6 Å². The average molecular weight is 596 g/mol. The number of nitrogens with one attached hydrogen (secondary N) is 3. The van der Waals surface area contributed by atoms with Gasteiger partial charge in [0.15, 0.2) is 12.0 Å². The normalized spacial score (nSPS) is 17.0. The minimum atomic E-state index is -0.947. The molecule has 1 aliphatic rings. The molecule has 5 rings (SSSR count). The summed E-state index contributed by atoms with van der Waals surface area (Å²) in [7, 11) is 1.25. The van der Waals surface area contributed by atoms with E-state index in [1.54, 1.807) is 18.2 Å². The second kappa shape index (κ2) is 11.8. The van der Waals surface area contributed by atoms with Crippen LogP contribution in [0.5, 0.6) is 0 Å². The van der Waals surface area contributed by atoms with Gasteiger partial charge in [-0.2, -0.15) is 4.73 Å². The van der Waals surface area contributed by atoms with E-state index in [1.165, 1.54) is 19.2 Å². The molecule has 0 unspecified atom stereocenters. The van der Waals surface area contributed by atoms with Crippen LogP contribution in [0.25, 0.3) is 22.4 Å². The zero-order valence-corrected chi connectivity index (χ0v) is 23.8. The van der Waals surface area contributed by atoms with Crippen molar-refractivity contribution in [3.63, 3.8) is 0 Å². The van der Waals surface area contributed by atoms with Crippen LogP contribution in [-0.2, 0) is 9.53 Å². The van der Waals surface area contributed by atoms with Gasteiger partial charge in [-0.05, 0) is 62.1 Å². The van der Waals surface area contributed by atoms with Crippen molar-refractivity contribution in [2.24, 2.45) is 5.92 Å². The van der Waals surface area contributed by atoms with E-state index in [4.69, 9.17) is 16.6 Å². The summed E-state index contributed by atoms with van der Waals surface area (Å²) in [6.07, 6.45) is 1.71. The quantitative estimate of drug-likeness (QED) is 0.138. The molecule has 2 aromatic carbocycles. The lowest BCUT2D eigenvalue weighted by atomic mass is 9.88. The number of halogens is 3. The number of nitrogens with zero attached hydrogens (tertiary/aromatic N) is 2. The first-order valence-electron chi connectivity index (χ1n) is 13.3. The number of carbonyl (C=O) groups is 2. The van der Waals surface area contributed by atoms with Crippen molar-refractivity contribution in [1.29, 1.82) is 0 Å². The number of aromatic nitrogens is 3. The highest BCUT2D eigenvalue weighted by molar-refractivity contribution is 6.31. The van der Waals surface area contributed by atoms with Crippen LogP contribution in [0.1, 0.15) is 49.3 Å². The number of anilines is 2. The first-order chi connectivity index (χ1) is 20.0. The summed E-state index contributed by atoms with van der Waals surface area (Å²) in [4.78, 5) is 32.8. The number of aromatic amines is 1. The van der Waals surface area contributed by atoms with E-state index in [1.807, 2.05) is 13.8 Å². The van der Waals surface area contributed by atoms with E-state index in [9.17, 15) is 23.6 Å². The number of ether oxygens (including phenoxy) is 1. The molecule has 9 nitrogen and oxygen atoms in total. The highest BCUT2D eigenvalue weighted by atomic mass is 35.5. The topological polar surface area (TPSA) is 123 Å². The van der Waals surface area contributed by atoms with Crippen molar-refractivity contribution >= 4 is 35.0 Å². The molecule has 0 radical (unpaired) electrons. The summed E-state index contributed by atoms with van der Waals surface area (Å²) in [6.45, 7) is 3.81. The average Bonchev–Trinajstić information content (AvgIpc) is 3.33. The van der Waals surface area contributed by atoms with Crippen molar-refractivity contribution in [3.8, 4) is 22.4 Å². The predicted octanol–water partition coefficient (Wildman–Crippen LogP) is 6.69. The molecule has 218 valence electrons. The molecule has 4 aromatic rings. The Labute approximate surface area is 245 Å². The molecule has 0 saturated heterocycles. The predicted molar refractivity (Wildman–Crippen MR) is 154 cm³/mol. The summed E-state index contributed by atoms with van der Waals surface area (Å²) < 4.78 is 34.5. The summed E-state index contributed by atoms with van der Waals surface area (Å²) >= 11 is 5.86. The molecular weight excluding hydrogens is 568 g/mol. The lowest BCUT2D eigenvalue weighted by molar-refractivity contribution is -0.614. The van der Waals surface area contributed by atoms with Gasteiger partial charge in [-0.1, -0.05) is 18.5 Å². The van der Waals surface area contributed by atoms with Crippen molar-refractivity contribution < 1.29 is 27.8 Å². The fourth-order valence-corrected chi connectivity index (χ4v) is 5.35. The molecule has 12 heteroatoms. The van der Waals surface area contributed by atoms with E-state index in [-0.39, 0.29) is 34.4 Å². The van der Waals surface area contributed by atoms with Crippen molar-refractivity contribution in [1.82, 2.24) is 9.97 Å². The standard InChI is InChI=1S/C30H28ClF2N5O4/c1-15-4-11-25(39)36-23-13-18(35-30(40)42-3)6-7-19(23)28-16(2)34-29(37-28)20(12-15)24-10-5-17(14-38(24)41)26-22(32)9-8-21(31)27(26)33/h5-10,13-15,20H,4,11-12H2,1-3H3,(H,34,37)(H,35,40)(H,36,39)/t15-,20-/m0/s1. The molecule has 0 fully saturated rings. The molecule has 3 heterocycles. The van der Waals surface area contributed by atoms with E-state index >= 15 is 0 Å². The maximum Gasteiger partial charge on any atom is 0.411 e. The number of benzene rings is 2. The van der Waals surface area contributed by atoms with Crippen molar-refractivity contribution in [2.45, 2.75) is 39.0 Å². The van der Waals surface area contributed by atoms with Crippen LogP contribution in [0.2, 0.25) is 5.02 Å². The Kier molecular flexibility index (Phi) is 8.13. The highest BCUT2D eigenvalue weighted by Gasteiger charge is 2.30. The number of imidazole rings is 1. The van der Waals surface area contributed by atoms with Crippen LogP contribution in [0.15, 0.2) is 48.7 Å². The number of amides is 2. The lowest BCUT2D eigenvalue weighted by Gasteiger charge is -2.20. The third-order valence-electron chi connectivity index (χ3n) is 7.35. The van der Waals surface area contributed by atoms with Gasteiger partial charge >= 0.3 is 6.09 Å². The summed E-state index contributed by atoms with van der Waals surface area (Å²) in [5.74, 6) is -1.98. The van der Waals surface area contributed by atoms with Crippen molar-refractivity contribution in [3.05, 3.63) is 87.7 Å². The smallest absolute Gasteiger partial charge is 0.411 e. The molecule has 42 heavy (non-hydrogen) atoms. The molecule has 0 aliphatic carbocycles. The zero-order chi connectivity index (χ0) is 30.1. The molecule has 3 N–H and O–H groups in total. The van der Waals surface area contributed by atoms with Gasteiger partial charge in [-0.15, -0.1) is 0 Å². The second-order valence-electron chi connectivity index (χ2n) is 10.3. The number of H-pyrrole nitrogens is 1. The number of hydrogen-bond donors (Lipinski definition) is 3. The Balaban J connectivity index is 1.60. The van der Waals surface area contributed by atoms with Gasteiger partial charge < -0.3 is 20.2 Å². The second-order valence-corrected chi connectivity index (χ2v) is 10.7. The van der Waals surface area contributed by atoms with Gasteiger partial charge in [0.2, 0.25) is 11.6 Å².